The number of benzene rings is 1. The van der Waals surface area contributed by atoms with Gasteiger partial charge in [0.1, 0.15) is 6.61 Å². The molecule has 0 N–H and O–H groups in total. The van der Waals surface area contributed by atoms with Crippen LogP contribution in [0.4, 0.5) is 22.0 Å². The highest BCUT2D eigenvalue weighted by Crippen LogP contribution is 2.36. The number of ether oxygens (including phenoxy) is 1. The lowest BCUT2D eigenvalue weighted by Crippen LogP contribution is -2.34. The zero-order chi connectivity index (χ0) is 14.5. The third-order valence-corrected chi connectivity index (χ3v) is 2.03. The van der Waals surface area contributed by atoms with Gasteiger partial charge in [0, 0.05) is 12.2 Å². The average molecular weight is 280 g/mol. The third kappa shape index (κ3) is 4.69. The van der Waals surface area contributed by atoms with Crippen molar-refractivity contribution in [2.24, 2.45) is 0 Å². The Bertz CT molecular complexity index is 451. The van der Waals surface area contributed by atoms with E-state index in [1.54, 1.807) is 30.3 Å². The van der Waals surface area contributed by atoms with Crippen LogP contribution in [0.2, 0.25) is 0 Å². The highest BCUT2D eigenvalue weighted by Gasteiger charge is 2.55. The Morgan fingerprint density at radius 3 is 2.21 bits per heavy atom. The van der Waals surface area contributed by atoms with Gasteiger partial charge in [0.05, 0.1) is 0 Å². The fourth-order valence-corrected chi connectivity index (χ4v) is 1.04. The Labute approximate surface area is 105 Å². The average Bonchev–Trinajstić information content (AvgIpc) is 2.34. The first kappa shape index (κ1) is 15.1. The van der Waals surface area contributed by atoms with E-state index in [-0.39, 0.29) is 12.7 Å². The molecule has 0 fully saturated rings. The van der Waals surface area contributed by atoms with E-state index in [1.807, 2.05) is 0 Å². The number of carbonyl (C=O) groups is 1. The summed E-state index contributed by atoms with van der Waals surface area (Å²) in [6, 6.07) is 8.27. The van der Waals surface area contributed by atoms with Gasteiger partial charge in [-0.2, -0.15) is 22.0 Å². The molecule has 0 bridgehead atoms. The van der Waals surface area contributed by atoms with Crippen LogP contribution in [0.5, 0.6) is 0 Å². The van der Waals surface area contributed by atoms with Gasteiger partial charge in [0.15, 0.2) is 0 Å². The minimum atomic E-state index is -5.73. The van der Waals surface area contributed by atoms with Crippen LogP contribution in [0.3, 0.4) is 0 Å². The Morgan fingerprint density at radius 2 is 1.68 bits per heavy atom. The molecule has 7 heteroatoms. The van der Waals surface area contributed by atoms with Crippen LogP contribution in [0.1, 0.15) is 5.56 Å². The predicted octanol–water partition coefficient (Wildman–Crippen LogP) is 3.48. The number of alkyl halides is 5. The highest BCUT2D eigenvalue weighted by molar-refractivity contribution is 5.82. The molecule has 19 heavy (non-hydrogen) atoms. The number of hydrogen-bond donors (Lipinski definition) is 0. The quantitative estimate of drug-likeness (QED) is 0.479. The van der Waals surface area contributed by atoms with Gasteiger partial charge in [-0.3, -0.25) is 0 Å². The van der Waals surface area contributed by atoms with Gasteiger partial charge in [0.25, 0.3) is 0 Å². The van der Waals surface area contributed by atoms with E-state index in [9.17, 15) is 26.7 Å². The highest BCUT2D eigenvalue weighted by atomic mass is 19.4. The van der Waals surface area contributed by atoms with Crippen molar-refractivity contribution in [1.29, 1.82) is 0 Å². The molecule has 0 aliphatic heterocycles. The summed E-state index contributed by atoms with van der Waals surface area (Å²) in [5.74, 6) is -6.33. The van der Waals surface area contributed by atoms with Crippen molar-refractivity contribution in [3.63, 3.8) is 0 Å². The minimum Gasteiger partial charge on any atom is -0.458 e. The van der Waals surface area contributed by atoms with Crippen LogP contribution in [0, 0.1) is 0 Å². The van der Waals surface area contributed by atoms with Crippen LogP contribution < -0.4 is 0 Å². The maximum absolute atomic E-state index is 12.4. The zero-order valence-corrected chi connectivity index (χ0v) is 9.45. The van der Waals surface area contributed by atoms with Crippen LogP contribution in [0.25, 0.3) is 0 Å². The molecular formula is C12H9F5O2. The standard InChI is InChI=1S/C12H9F5O2/c13-11(14,12(15,16)17)7-6-10(18)19-8-9-4-2-1-3-5-9/h1-7H,8H2/b7-6+. The van der Waals surface area contributed by atoms with E-state index in [2.05, 4.69) is 4.74 Å². The molecule has 2 nitrogen and oxygen atoms in total. The van der Waals surface area contributed by atoms with Crippen molar-refractivity contribution in [3.05, 3.63) is 48.0 Å². The second kappa shape index (κ2) is 5.81. The number of allylic oxidation sites excluding steroid dienone is 1. The smallest absolute Gasteiger partial charge is 0.457 e. The Balaban J connectivity index is 2.52. The predicted molar refractivity (Wildman–Crippen MR) is 56.4 cm³/mol. The second-order valence-corrected chi connectivity index (χ2v) is 3.55. The summed E-state index contributed by atoms with van der Waals surface area (Å²) in [6.07, 6.45) is -6.19. The molecule has 1 rings (SSSR count). The Hall–Kier alpha value is -1.92. The molecule has 0 aliphatic carbocycles. The van der Waals surface area contributed by atoms with E-state index >= 15 is 0 Å². The lowest BCUT2D eigenvalue weighted by molar-refractivity contribution is -0.259. The van der Waals surface area contributed by atoms with Gasteiger partial charge in [-0.05, 0) is 5.56 Å². The summed E-state index contributed by atoms with van der Waals surface area (Å²) >= 11 is 0. The molecule has 1 aromatic rings. The summed E-state index contributed by atoms with van der Waals surface area (Å²) in [7, 11) is 0. The second-order valence-electron chi connectivity index (χ2n) is 3.55. The maximum Gasteiger partial charge on any atom is 0.457 e. The zero-order valence-electron chi connectivity index (χ0n) is 9.45. The molecular weight excluding hydrogens is 271 g/mol. The van der Waals surface area contributed by atoms with Crippen molar-refractivity contribution in [2.45, 2.75) is 18.7 Å². The summed E-state index contributed by atoms with van der Waals surface area (Å²) < 4.78 is 64.7. The Kier molecular flexibility index (Phi) is 4.63. The normalized spacial score (nSPS) is 12.7. The van der Waals surface area contributed by atoms with Gasteiger partial charge in [-0.1, -0.05) is 30.3 Å². The van der Waals surface area contributed by atoms with Crippen LogP contribution in [-0.2, 0) is 16.1 Å². The number of rotatable bonds is 4. The number of hydrogen-bond acceptors (Lipinski definition) is 2. The summed E-state index contributed by atoms with van der Waals surface area (Å²) in [4.78, 5) is 11.0. The third-order valence-electron chi connectivity index (χ3n) is 2.03. The molecule has 0 saturated carbocycles. The molecule has 0 radical (unpaired) electrons. The first-order valence-electron chi connectivity index (χ1n) is 5.07. The van der Waals surface area contributed by atoms with Gasteiger partial charge in [0.2, 0.25) is 0 Å². The van der Waals surface area contributed by atoms with E-state index in [0.29, 0.717) is 5.56 Å². The summed E-state index contributed by atoms with van der Waals surface area (Å²) in [5, 5.41) is 0. The van der Waals surface area contributed by atoms with E-state index in [1.165, 1.54) is 0 Å². The SMILES string of the molecule is O=C(/C=C/C(F)(F)C(F)(F)F)OCc1ccccc1. The molecule has 0 atom stereocenters. The van der Waals surface area contributed by atoms with E-state index < -0.39 is 24.1 Å². The fraction of sp³-hybridized carbons (Fsp3) is 0.250. The summed E-state index contributed by atoms with van der Waals surface area (Å²) in [6.45, 7) is -0.207. The van der Waals surface area contributed by atoms with Gasteiger partial charge in [-0.15, -0.1) is 0 Å². The Morgan fingerprint density at radius 1 is 1.11 bits per heavy atom. The van der Waals surface area contributed by atoms with Crippen molar-refractivity contribution in [1.82, 2.24) is 0 Å². The van der Waals surface area contributed by atoms with Crippen LogP contribution >= 0.6 is 0 Å². The topological polar surface area (TPSA) is 26.3 Å². The van der Waals surface area contributed by atoms with E-state index in [4.69, 9.17) is 0 Å². The minimum absolute atomic E-state index is 0.0659. The molecule has 0 unspecified atom stereocenters. The molecule has 1 aromatic carbocycles. The first-order chi connectivity index (χ1) is 8.72. The number of halogens is 5. The van der Waals surface area contributed by atoms with E-state index in [0.717, 1.165) is 0 Å². The molecule has 0 amide bonds. The number of esters is 1. The van der Waals surface area contributed by atoms with Gasteiger partial charge in [-0.25, -0.2) is 4.79 Å². The van der Waals surface area contributed by atoms with Gasteiger partial charge < -0.3 is 4.74 Å². The molecule has 0 spiro atoms. The monoisotopic (exact) mass is 280 g/mol. The van der Waals surface area contributed by atoms with Crippen molar-refractivity contribution in [2.75, 3.05) is 0 Å². The van der Waals surface area contributed by atoms with Gasteiger partial charge >= 0.3 is 18.1 Å². The lowest BCUT2D eigenvalue weighted by atomic mass is 10.2. The van der Waals surface area contributed by atoms with Crippen molar-refractivity contribution in [3.8, 4) is 0 Å². The molecule has 0 aliphatic rings. The first-order valence-corrected chi connectivity index (χ1v) is 5.07. The van der Waals surface area contributed by atoms with Crippen molar-refractivity contribution >= 4 is 5.97 Å². The lowest BCUT2D eigenvalue weighted by Gasteiger charge is -2.14. The maximum atomic E-state index is 12.4. The van der Waals surface area contributed by atoms with Crippen LogP contribution in [-0.4, -0.2) is 18.1 Å². The molecule has 0 heterocycles. The van der Waals surface area contributed by atoms with Crippen LogP contribution in [0.15, 0.2) is 42.5 Å². The number of carbonyl (C=O) groups excluding carboxylic acids is 1. The van der Waals surface area contributed by atoms with Crippen molar-refractivity contribution < 1.29 is 31.5 Å². The molecule has 104 valence electrons. The summed E-state index contributed by atoms with van der Waals surface area (Å²) in [5.41, 5.74) is 0.590. The largest absolute Gasteiger partial charge is 0.458 e. The molecule has 0 aromatic heterocycles. The fourth-order valence-electron chi connectivity index (χ4n) is 1.04. The molecule has 0 saturated heterocycles.